The molecule has 1 radical (unpaired) electrons. The van der Waals surface area contributed by atoms with Gasteiger partial charge in [0.1, 0.15) is 0 Å². The van der Waals surface area contributed by atoms with Crippen LogP contribution in [-0.4, -0.2) is 0 Å². The molecule has 2 rings (SSSR count). The second-order valence-corrected chi connectivity index (χ2v) is 6.25. The van der Waals surface area contributed by atoms with Crippen molar-refractivity contribution in [1.29, 1.82) is 0 Å². The first-order valence-corrected chi connectivity index (χ1v) is 7.79. The van der Waals surface area contributed by atoms with Crippen molar-refractivity contribution in [3.63, 3.8) is 0 Å². The fourth-order valence-electron chi connectivity index (χ4n) is 3.98. The van der Waals surface area contributed by atoms with Crippen molar-refractivity contribution in [3.05, 3.63) is 18.6 Å². The van der Waals surface area contributed by atoms with E-state index in [2.05, 4.69) is 19.6 Å². The minimum absolute atomic E-state index is 0.831. The van der Waals surface area contributed by atoms with E-state index in [1.54, 1.807) is 0 Å². The lowest BCUT2D eigenvalue weighted by atomic mass is 9.69. The summed E-state index contributed by atoms with van der Waals surface area (Å²) in [6.07, 6.45) is 16.6. The van der Waals surface area contributed by atoms with Crippen LogP contribution in [-0.2, 0) is 0 Å². The average molecular weight is 233 g/mol. The molecule has 0 unspecified atom stereocenters. The van der Waals surface area contributed by atoms with Gasteiger partial charge in [0.2, 0.25) is 0 Å². The molecule has 0 nitrogen and oxygen atoms in total. The van der Waals surface area contributed by atoms with Crippen molar-refractivity contribution < 1.29 is 0 Å². The molecule has 2 fully saturated rings. The minimum Gasteiger partial charge on any atom is -0.103 e. The highest BCUT2D eigenvalue weighted by Crippen LogP contribution is 2.42. The van der Waals surface area contributed by atoms with Crippen molar-refractivity contribution in [1.82, 2.24) is 0 Å². The highest BCUT2D eigenvalue weighted by Gasteiger charge is 2.29. The lowest BCUT2D eigenvalue weighted by Gasteiger charge is -2.37. The van der Waals surface area contributed by atoms with Crippen LogP contribution in [0.5, 0.6) is 0 Å². The summed E-state index contributed by atoms with van der Waals surface area (Å²) in [5, 5.41) is 0. The van der Waals surface area contributed by atoms with E-state index in [0.717, 1.165) is 17.8 Å². The first-order chi connectivity index (χ1) is 8.33. The Morgan fingerprint density at radius 2 is 1.59 bits per heavy atom. The Morgan fingerprint density at radius 1 is 1.00 bits per heavy atom. The highest BCUT2D eigenvalue weighted by atomic mass is 14.3. The van der Waals surface area contributed by atoms with E-state index < -0.39 is 0 Å². The maximum Gasteiger partial charge on any atom is -0.0236 e. The predicted octanol–water partition coefficient (Wildman–Crippen LogP) is 5.54. The van der Waals surface area contributed by atoms with Gasteiger partial charge in [-0.05, 0) is 81.5 Å². The van der Waals surface area contributed by atoms with Gasteiger partial charge in [0.05, 0.1) is 0 Å². The first-order valence-electron chi connectivity index (χ1n) is 7.79. The van der Waals surface area contributed by atoms with Gasteiger partial charge in [-0.1, -0.05) is 19.4 Å². The molecule has 2 saturated carbocycles. The Labute approximate surface area is 108 Å². The summed E-state index contributed by atoms with van der Waals surface area (Å²) in [7, 11) is 0. The lowest BCUT2D eigenvalue weighted by molar-refractivity contribution is 0.184. The summed E-state index contributed by atoms with van der Waals surface area (Å²) < 4.78 is 0. The van der Waals surface area contributed by atoms with E-state index >= 15 is 0 Å². The Balaban J connectivity index is 1.72. The molecular weight excluding hydrogens is 204 g/mol. The number of hydrogen-bond donors (Lipinski definition) is 0. The monoisotopic (exact) mass is 233 g/mol. The molecule has 0 N–H and O–H groups in total. The molecule has 0 aromatic rings. The van der Waals surface area contributed by atoms with Crippen LogP contribution in [0.1, 0.15) is 71.1 Å². The van der Waals surface area contributed by atoms with E-state index in [1.165, 1.54) is 64.2 Å². The molecule has 0 aliphatic heterocycles. The third-order valence-electron chi connectivity index (χ3n) is 5.16. The Hall–Kier alpha value is -0.260. The van der Waals surface area contributed by atoms with Crippen LogP contribution in [0.25, 0.3) is 0 Å². The van der Waals surface area contributed by atoms with Gasteiger partial charge in [0, 0.05) is 0 Å². The van der Waals surface area contributed by atoms with Crippen molar-refractivity contribution in [2.75, 3.05) is 0 Å². The third kappa shape index (κ3) is 3.60. The minimum atomic E-state index is 0.831. The smallest absolute Gasteiger partial charge is 0.0236 e. The Morgan fingerprint density at radius 3 is 2.12 bits per heavy atom. The topological polar surface area (TPSA) is 0 Å². The molecule has 17 heavy (non-hydrogen) atoms. The van der Waals surface area contributed by atoms with Crippen molar-refractivity contribution >= 4 is 0 Å². The fraction of sp³-hybridized carbons (Fsp3) is 0.824. The van der Waals surface area contributed by atoms with Gasteiger partial charge in [-0.2, -0.15) is 0 Å². The average Bonchev–Trinajstić information content (AvgIpc) is 2.40. The van der Waals surface area contributed by atoms with Crippen molar-refractivity contribution in [2.24, 2.45) is 17.8 Å². The molecule has 0 amide bonds. The van der Waals surface area contributed by atoms with E-state index in [4.69, 9.17) is 0 Å². The van der Waals surface area contributed by atoms with Gasteiger partial charge in [0.25, 0.3) is 0 Å². The standard InChI is InChI=1S/C17H29/c1-3-5-15-8-12-17(13-9-15)16-10-6-14(4-2)7-11-16/h4,14,16-17H,2-3,5-13H2,1H3. The Bertz CT molecular complexity index is 214. The van der Waals surface area contributed by atoms with E-state index in [9.17, 15) is 0 Å². The van der Waals surface area contributed by atoms with E-state index in [0.29, 0.717) is 0 Å². The summed E-state index contributed by atoms with van der Waals surface area (Å²) >= 11 is 0. The SMILES string of the molecule is C=CC1CCC(C2CC[C](CCC)CC2)CC1. The quantitative estimate of drug-likeness (QED) is 0.559. The van der Waals surface area contributed by atoms with E-state index in [-0.39, 0.29) is 0 Å². The van der Waals surface area contributed by atoms with Gasteiger partial charge < -0.3 is 0 Å². The van der Waals surface area contributed by atoms with Crippen LogP contribution in [0.4, 0.5) is 0 Å². The molecular formula is C17H29. The van der Waals surface area contributed by atoms with Crippen LogP contribution < -0.4 is 0 Å². The van der Waals surface area contributed by atoms with Crippen LogP contribution >= 0.6 is 0 Å². The molecule has 0 spiro atoms. The van der Waals surface area contributed by atoms with Gasteiger partial charge in [-0.15, -0.1) is 6.58 Å². The van der Waals surface area contributed by atoms with Gasteiger partial charge in [0.15, 0.2) is 0 Å². The normalized spacial score (nSPS) is 32.5. The summed E-state index contributed by atoms with van der Waals surface area (Å²) in [6.45, 7) is 6.26. The van der Waals surface area contributed by atoms with Crippen LogP contribution in [0.3, 0.4) is 0 Å². The molecule has 2 aliphatic carbocycles. The van der Waals surface area contributed by atoms with Crippen LogP contribution in [0.2, 0.25) is 0 Å². The first kappa shape index (κ1) is 13.2. The second kappa shape index (κ2) is 6.61. The predicted molar refractivity (Wildman–Crippen MR) is 75.8 cm³/mol. The summed E-state index contributed by atoms with van der Waals surface area (Å²) in [6, 6.07) is 0. The molecule has 2 aliphatic rings. The van der Waals surface area contributed by atoms with Crippen LogP contribution in [0, 0.1) is 23.7 Å². The second-order valence-electron chi connectivity index (χ2n) is 6.25. The molecule has 0 aromatic carbocycles. The summed E-state index contributed by atoms with van der Waals surface area (Å²) in [4.78, 5) is 0. The third-order valence-corrected chi connectivity index (χ3v) is 5.16. The molecule has 97 valence electrons. The van der Waals surface area contributed by atoms with Crippen LogP contribution in [0.15, 0.2) is 12.7 Å². The maximum absolute atomic E-state index is 3.95. The number of rotatable bonds is 4. The van der Waals surface area contributed by atoms with Gasteiger partial charge in [-0.25, -0.2) is 0 Å². The zero-order valence-electron chi connectivity index (χ0n) is 11.6. The lowest BCUT2D eigenvalue weighted by Crippen LogP contribution is -2.24. The number of hydrogen-bond acceptors (Lipinski definition) is 0. The zero-order valence-corrected chi connectivity index (χ0v) is 11.6. The molecule has 0 bridgehead atoms. The fourth-order valence-corrected chi connectivity index (χ4v) is 3.98. The molecule has 0 saturated heterocycles. The molecule has 0 atom stereocenters. The van der Waals surface area contributed by atoms with Gasteiger partial charge in [-0.3, -0.25) is 0 Å². The Kier molecular flexibility index (Phi) is 5.13. The van der Waals surface area contributed by atoms with Crippen molar-refractivity contribution in [2.45, 2.75) is 71.1 Å². The van der Waals surface area contributed by atoms with Crippen molar-refractivity contribution in [3.8, 4) is 0 Å². The maximum atomic E-state index is 3.95. The molecule has 0 aromatic heterocycles. The van der Waals surface area contributed by atoms with E-state index in [1.807, 2.05) is 5.92 Å². The summed E-state index contributed by atoms with van der Waals surface area (Å²) in [5.74, 6) is 4.80. The van der Waals surface area contributed by atoms with Gasteiger partial charge >= 0.3 is 0 Å². The molecule has 0 heteroatoms. The largest absolute Gasteiger partial charge is 0.103 e. The number of allylic oxidation sites excluding steroid dienone is 1. The zero-order chi connectivity index (χ0) is 12.1. The molecule has 0 heterocycles. The summed E-state index contributed by atoms with van der Waals surface area (Å²) in [5.41, 5.74) is 0. The highest BCUT2D eigenvalue weighted by molar-refractivity contribution is 4.96.